The van der Waals surface area contributed by atoms with Gasteiger partial charge in [0.2, 0.25) is 0 Å². The van der Waals surface area contributed by atoms with Crippen molar-refractivity contribution in [2.45, 2.75) is 6.92 Å². The number of thioether (sulfide) groups is 1. The number of benzene rings is 2. The minimum Gasteiger partial charge on any atom is -0.506 e. The Morgan fingerprint density at radius 3 is 2.69 bits per heavy atom. The summed E-state index contributed by atoms with van der Waals surface area (Å²) in [5.74, 6) is 0.317. The van der Waals surface area contributed by atoms with Crippen molar-refractivity contribution >= 4 is 57.8 Å². The third-order valence-electron chi connectivity index (χ3n) is 3.37. The molecule has 2 N–H and O–H groups in total. The topological polar surface area (TPSA) is 70.9 Å². The molecule has 26 heavy (non-hydrogen) atoms. The lowest BCUT2D eigenvalue weighted by Crippen LogP contribution is -2.19. The van der Waals surface area contributed by atoms with Crippen LogP contribution in [-0.4, -0.2) is 22.8 Å². The maximum absolute atomic E-state index is 12.2. The van der Waals surface area contributed by atoms with Crippen molar-refractivity contribution in [1.82, 2.24) is 5.32 Å². The molecule has 1 aliphatic heterocycles. The molecule has 1 fully saturated rings. The van der Waals surface area contributed by atoms with E-state index in [0.717, 1.165) is 5.75 Å². The SMILES string of the molecule is CCOc1ccc(N=C2NC(=O)/C(=C/c3cc(Cl)cc(Cl)c3O)S2)cc1. The van der Waals surface area contributed by atoms with Gasteiger partial charge in [-0.2, -0.15) is 0 Å². The molecule has 0 spiro atoms. The van der Waals surface area contributed by atoms with E-state index in [1.807, 2.05) is 19.1 Å². The Balaban J connectivity index is 1.82. The number of amidine groups is 1. The molecule has 2 aromatic rings. The molecule has 0 aromatic heterocycles. The van der Waals surface area contributed by atoms with Gasteiger partial charge in [0.05, 0.1) is 22.2 Å². The number of carbonyl (C=O) groups is 1. The van der Waals surface area contributed by atoms with E-state index in [9.17, 15) is 9.90 Å². The molecule has 0 radical (unpaired) electrons. The van der Waals surface area contributed by atoms with Gasteiger partial charge in [0.1, 0.15) is 11.5 Å². The number of carbonyl (C=O) groups excluding carboxylic acids is 1. The van der Waals surface area contributed by atoms with Gasteiger partial charge in [-0.1, -0.05) is 23.2 Å². The molecular weight excluding hydrogens is 395 g/mol. The van der Waals surface area contributed by atoms with Gasteiger partial charge >= 0.3 is 0 Å². The van der Waals surface area contributed by atoms with Crippen molar-refractivity contribution in [2.75, 3.05) is 6.61 Å². The average Bonchev–Trinajstić information content (AvgIpc) is 2.93. The van der Waals surface area contributed by atoms with Crippen LogP contribution in [0.3, 0.4) is 0 Å². The van der Waals surface area contributed by atoms with Crippen LogP contribution in [0.4, 0.5) is 5.69 Å². The minimum absolute atomic E-state index is 0.121. The zero-order chi connectivity index (χ0) is 18.7. The van der Waals surface area contributed by atoms with Crippen LogP contribution in [0.25, 0.3) is 6.08 Å². The van der Waals surface area contributed by atoms with Crippen LogP contribution in [0.1, 0.15) is 12.5 Å². The van der Waals surface area contributed by atoms with E-state index in [1.54, 1.807) is 12.1 Å². The summed E-state index contributed by atoms with van der Waals surface area (Å²) in [7, 11) is 0. The Kier molecular flexibility index (Phi) is 5.76. The van der Waals surface area contributed by atoms with Crippen LogP contribution in [0.5, 0.6) is 11.5 Å². The number of nitrogens with zero attached hydrogens (tertiary/aromatic N) is 1. The summed E-state index contributed by atoms with van der Waals surface area (Å²) in [5.41, 5.74) is 1.05. The summed E-state index contributed by atoms with van der Waals surface area (Å²) in [5, 5.41) is 13.6. The predicted octanol–water partition coefficient (Wildman–Crippen LogP) is 4.99. The fourth-order valence-electron chi connectivity index (χ4n) is 2.22. The first-order chi connectivity index (χ1) is 12.5. The van der Waals surface area contributed by atoms with E-state index < -0.39 is 0 Å². The number of phenols is 1. The van der Waals surface area contributed by atoms with Gasteiger partial charge in [0.25, 0.3) is 5.91 Å². The molecule has 0 unspecified atom stereocenters. The molecule has 8 heteroatoms. The van der Waals surface area contributed by atoms with E-state index in [4.69, 9.17) is 27.9 Å². The highest BCUT2D eigenvalue weighted by Crippen LogP contribution is 2.35. The third kappa shape index (κ3) is 4.33. The van der Waals surface area contributed by atoms with Crippen LogP contribution >= 0.6 is 35.0 Å². The zero-order valence-corrected chi connectivity index (χ0v) is 16.0. The molecule has 1 amide bonds. The standard InChI is InChI=1S/C18H14Cl2N2O3S/c1-2-25-13-5-3-12(4-6-13)21-18-22-17(24)15(26-18)8-10-7-11(19)9-14(20)16(10)23/h3-9,23H,2H2,1H3,(H,21,22,24)/b15-8-. The van der Waals surface area contributed by atoms with Gasteiger partial charge in [-0.05, 0) is 61.2 Å². The lowest BCUT2D eigenvalue weighted by Gasteiger charge is -2.03. The monoisotopic (exact) mass is 408 g/mol. The highest BCUT2D eigenvalue weighted by Gasteiger charge is 2.24. The smallest absolute Gasteiger partial charge is 0.264 e. The van der Waals surface area contributed by atoms with E-state index in [1.165, 1.54) is 30.0 Å². The summed E-state index contributed by atoms with van der Waals surface area (Å²) in [6.45, 7) is 2.51. The number of aliphatic imine (C=N–C) groups is 1. The molecular formula is C18H14Cl2N2O3S. The van der Waals surface area contributed by atoms with E-state index in [0.29, 0.717) is 33.0 Å². The van der Waals surface area contributed by atoms with Crippen LogP contribution in [0.15, 0.2) is 46.3 Å². The molecule has 5 nitrogen and oxygen atoms in total. The highest BCUT2D eigenvalue weighted by atomic mass is 35.5. The summed E-state index contributed by atoms with van der Waals surface area (Å²) >= 11 is 13.0. The number of hydrogen-bond donors (Lipinski definition) is 2. The molecule has 1 aliphatic rings. The number of halogens is 2. The molecule has 134 valence electrons. The van der Waals surface area contributed by atoms with Crippen molar-refractivity contribution < 1.29 is 14.6 Å². The molecule has 1 saturated heterocycles. The van der Waals surface area contributed by atoms with Gasteiger partial charge < -0.3 is 15.2 Å². The van der Waals surface area contributed by atoms with Crippen molar-refractivity contribution in [2.24, 2.45) is 4.99 Å². The summed E-state index contributed by atoms with van der Waals surface area (Å²) in [6, 6.07) is 10.2. The average molecular weight is 409 g/mol. The number of ether oxygens (including phenoxy) is 1. The van der Waals surface area contributed by atoms with E-state index >= 15 is 0 Å². The summed E-state index contributed by atoms with van der Waals surface area (Å²) in [4.78, 5) is 16.9. The molecule has 0 saturated carbocycles. The summed E-state index contributed by atoms with van der Waals surface area (Å²) < 4.78 is 5.38. The Labute approximate surface area is 164 Å². The van der Waals surface area contributed by atoms with Crippen molar-refractivity contribution in [3.05, 3.63) is 56.9 Å². The molecule has 0 atom stereocenters. The first-order valence-corrected chi connectivity index (χ1v) is 9.24. The second-order valence-corrected chi connectivity index (χ2v) is 7.11. The fourth-order valence-corrected chi connectivity index (χ4v) is 3.56. The second kappa shape index (κ2) is 8.03. The third-order valence-corrected chi connectivity index (χ3v) is 4.79. The molecule has 2 aromatic carbocycles. The van der Waals surface area contributed by atoms with E-state index in [-0.39, 0.29) is 16.7 Å². The number of hydrogen-bond acceptors (Lipinski definition) is 5. The molecule has 3 rings (SSSR count). The van der Waals surface area contributed by atoms with Gasteiger partial charge in [-0.3, -0.25) is 4.79 Å². The molecule has 0 aliphatic carbocycles. The van der Waals surface area contributed by atoms with Crippen LogP contribution < -0.4 is 10.1 Å². The van der Waals surface area contributed by atoms with E-state index in [2.05, 4.69) is 10.3 Å². The first-order valence-electron chi connectivity index (χ1n) is 7.66. The zero-order valence-electron chi connectivity index (χ0n) is 13.6. The lowest BCUT2D eigenvalue weighted by molar-refractivity contribution is -0.115. The minimum atomic E-state index is -0.310. The number of rotatable bonds is 4. The van der Waals surface area contributed by atoms with Crippen LogP contribution in [0.2, 0.25) is 10.0 Å². The number of amides is 1. The number of phenolic OH excluding ortho intramolecular Hbond substituents is 1. The quantitative estimate of drug-likeness (QED) is 0.698. The van der Waals surface area contributed by atoms with Gasteiger partial charge in [-0.25, -0.2) is 4.99 Å². The normalized spacial score (nSPS) is 17.0. The Morgan fingerprint density at radius 1 is 1.27 bits per heavy atom. The van der Waals surface area contributed by atoms with Gasteiger partial charge in [0, 0.05) is 10.6 Å². The van der Waals surface area contributed by atoms with Crippen LogP contribution in [0, 0.1) is 0 Å². The maximum atomic E-state index is 12.2. The Hall–Kier alpha value is -2.15. The maximum Gasteiger partial charge on any atom is 0.264 e. The van der Waals surface area contributed by atoms with Gasteiger partial charge in [-0.15, -0.1) is 0 Å². The summed E-state index contributed by atoms with van der Waals surface area (Å²) in [6.07, 6.45) is 1.52. The van der Waals surface area contributed by atoms with Crippen molar-refractivity contribution in [3.63, 3.8) is 0 Å². The number of nitrogens with one attached hydrogen (secondary N) is 1. The second-order valence-electron chi connectivity index (χ2n) is 5.23. The fraction of sp³-hybridized carbons (Fsp3) is 0.111. The van der Waals surface area contributed by atoms with Crippen LogP contribution in [-0.2, 0) is 4.79 Å². The highest BCUT2D eigenvalue weighted by molar-refractivity contribution is 8.18. The Morgan fingerprint density at radius 2 is 2.00 bits per heavy atom. The largest absolute Gasteiger partial charge is 0.506 e. The number of aromatic hydroxyl groups is 1. The lowest BCUT2D eigenvalue weighted by atomic mass is 10.2. The van der Waals surface area contributed by atoms with Gasteiger partial charge in [0.15, 0.2) is 5.17 Å². The molecule has 0 bridgehead atoms. The Bertz CT molecular complexity index is 911. The first kappa shape index (κ1) is 18.6. The predicted molar refractivity (Wildman–Crippen MR) is 107 cm³/mol. The van der Waals surface area contributed by atoms with Crippen molar-refractivity contribution in [1.29, 1.82) is 0 Å². The molecule has 1 heterocycles. The van der Waals surface area contributed by atoms with Crippen molar-refractivity contribution in [3.8, 4) is 11.5 Å².